The number of carbonyl (C=O) groups excluding carboxylic acids is 1. The molecule has 1 fully saturated rings. The van der Waals surface area contributed by atoms with Crippen molar-refractivity contribution in [2.24, 2.45) is 0 Å². The summed E-state index contributed by atoms with van der Waals surface area (Å²) in [6.45, 7) is 0.150. The van der Waals surface area contributed by atoms with Crippen molar-refractivity contribution in [2.45, 2.75) is 51.0 Å². The number of aliphatic hydroxyl groups is 1. The van der Waals surface area contributed by atoms with E-state index in [1.807, 2.05) is 0 Å². The maximum atomic E-state index is 11.2. The van der Waals surface area contributed by atoms with E-state index >= 15 is 0 Å². The minimum atomic E-state index is -0.0784. The van der Waals surface area contributed by atoms with Gasteiger partial charge in [0, 0.05) is 13.0 Å². The zero-order valence-corrected chi connectivity index (χ0v) is 8.50. The zero-order valence-electron chi connectivity index (χ0n) is 8.50. The molecule has 0 aromatic rings. The van der Waals surface area contributed by atoms with Gasteiger partial charge in [0.05, 0.1) is 6.10 Å². The fraction of sp³-hybridized carbons (Fsp3) is 0.900. The Balaban J connectivity index is 1.96. The Morgan fingerprint density at radius 2 is 2.07 bits per heavy atom. The van der Waals surface area contributed by atoms with E-state index in [9.17, 15) is 4.79 Å². The molecule has 82 valence electrons. The van der Waals surface area contributed by atoms with E-state index in [0.717, 1.165) is 19.3 Å². The van der Waals surface area contributed by atoms with Crippen molar-refractivity contribution in [3.63, 3.8) is 0 Å². The van der Waals surface area contributed by atoms with Crippen LogP contribution < -0.4 is 5.48 Å². The summed E-state index contributed by atoms with van der Waals surface area (Å²) in [4.78, 5) is 16.4. The van der Waals surface area contributed by atoms with Gasteiger partial charge in [-0.3, -0.25) is 9.63 Å². The van der Waals surface area contributed by atoms with Gasteiger partial charge in [-0.2, -0.15) is 0 Å². The Kier molecular flexibility index (Phi) is 5.56. The van der Waals surface area contributed by atoms with Gasteiger partial charge in [0.15, 0.2) is 0 Å². The third-order valence-corrected chi connectivity index (χ3v) is 2.45. The summed E-state index contributed by atoms with van der Waals surface area (Å²) in [7, 11) is 0. The Bertz CT molecular complexity index is 167. The van der Waals surface area contributed by atoms with E-state index in [-0.39, 0.29) is 18.6 Å². The zero-order chi connectivity index (χ0) is 10.2. The van der Waals surface area contributed by atoms with E-state index in [1.54, 1.807) is 0 Å². The van der Waals surface area contributed by atoms with E-state index in [1.165, 1.54) is 12.8 Å². The van der Waals surface area contributed by atoms with Crippen LogP contribution in [0.5, 0.6) is 0 Å². The fourth-order valence-corrected chi connectivity index (χ4v) is 1.60. The molecule has 1 aliphatic rings. The molecular formula is C10H19NO3. The van der Waals surface area contributed by atoms with Gasteiger partial charge in [0.1, 0.15) is 0 Å². The summed E-state index contributed by atoms with van der Waals surface area (Å²) in [6, 6.07) is 0. The number of carbonyl (C=O) groups is 1. The molecule has 0 radical (unpaired) electrons. The molecule has 0 saturated heterocycles. The van der Waals surface area contributed by atoms with Crippen LogP contribution in [0.3, 0.4) is 0 Å². The number of rotatable bonds is 6. The van der Waals surface area contributed by atoms with Gasteiger partial charge in [0.25, 0.3) is 0 Å². The topological polar surface area (TPSA) is 58.6 Å². The molecule has 0 bridgehead atoms. The molecule has 2 N–H and O–H groups in total. The predicted molar refractivity (Wildman–Crippen MR) is 52.4 cm³/mol. The van der Waals surface area contributed by atoms with Crippen LogP contribution in [0, 0.1) is 0 Å². The molecule has 1 aliphatic carbocycles. The molecule has 0 spiro atoms. The fourth-order valence-electron chi connectivity index (χ4n) is 1.60. The lowest BCUT2D eigenvalue weighted by atomic mass is 10.2. The van der Waals surface area contributed by atoms with Crippen molar-refractivity contribution in [3.8, 4) is 0 Å². The van der Waals surface area contributed by atoms with Gasteiger partial charge in [-0.1, -0.05) is 12.8 Å². The van der Waals surface area contributed by atoms with Crippen molar-refractivity contribution in [1.29, 1.82) is 0 Å². The van der Waals surface area contributed by atoms with Gasteiger partial charge in [0.2, 0.25) is 5.91 Å². The summed E-state index contributed by atoms with van der Waals surface area (Å²) in [5.41, 5.74) is 2.46. The second-order valence-corrected chi connectivity index (χ2v) is 3.73. The quantitative estimate of drug-likeness (QED) is 0.500. The van der Waals surface area contributed by atoms with Crippen LogP contribution in [-0.4, -0.2) is 23.7 Å². The molecule has 0 aromatic carbocycles. The van der Waals surface area contributed by atoms with Crippen molar-refractivity contribution in [2.75, 3.05) is 6.61 Å². The van der Waals surface area contributed by atoms with Gasteiger partial charge >= 0.3 is 0 Å². The average Bonchev–Trinajstić information content (AvgIpc) is 2.68. The Labute approximate surface area is 84.6 Å². The summed E-state index contributed by atoms with van der Waals surface area (Å²) in [6.07, 6.45) is 6.56. The number of nitrogens with one attached hydrogen (secondary N) is 1. The van der Waals surface area contributed by atoms with Crippen LogP contribution in [0.25, 0.3) is 0 Å². The van der Waals surface area contributed by atoms with Crippen molar-refractivity contribution in [1.82, 2.24) is 5.48 Å². The first-order valence-electron chi connectivity index (χ1n) is 5.38. The first-order chi connectivity index (χ1) is 6.83. The first-order valence-corrected chi connectivity index (χ1v) is 5.38. The maximum absolute atomic E-state index is 11.2. The van der Waals surface area contributed by atoms with Crippen molar-refractivity contribution < 1.29 is 14.7 Å². The molecule has 1 rings (SSSR count). The van der Waals surface area contributed by atoms with Gasteiger partial charge < -0.3 is 5.11 Å². The standard InChI is InChI=1S/C10H19NO3/c12-8-4-3-7-10(13)11-14-9-5-1-2-6-9/h9,12H,1-8H2,(H,11,13). The molecule has 0 aromatic heterocycles. The highest BCUT2D eigenvalue weighted by Crippen LogP contribution is 2.19. The third-order valence-electron chi connectivity index (χ3n) is 2.45. The Hall–Kier alpha value is -0.610. The number of unbranched alkanes of at least 4 members (excludes halogenated alkanes) is 1. The van der Waals surface area contributed by atoms with Crippen LogP contribution >= 0.6 is 0 Å². The normalized spacial score (nSPS) is 17.2. The number of hydroxylamine groups is 1. The highest BCUT2D eigenvalue weighted by molar-refractivity contribution is 5.74. The van der Waals surface area contributed by atoms with Crippen LogP contribution in [0.4, 0.5) is 0 Å². The van der Waals surface area contributed by atoms with Gasteiger partial charge in [-0.15, -0.1) is 0 Å². The maximum Gasteiger partial charge on any atom is 0.243 e. The second-order valence-electron chi connectivity index (χ2n) is 3.73. The number of hydrogen-bond acceptors (Lipinski definition) is 3. The molecule has 4 nitrogen and oxygen atoms in total. The summed E-state index contributed by atoms with van der Waals surface area (Å²) < 4.78 is 0. The van der Waals surface area contributed by atoms with E-state index < -0.39 is 0 Å². The molecule has 0 atom stereocenters. The molecule has 0 unspecified atom stereocenters. The highest BCUT2D eigenvalue weighted by Gasteiger charge is 2.16. The number of amides is 1. The lowest BCUT2D eigenvalue weighted by Gasteiger charge is -2.10. The van der Waals surface area contributed by atoms with E-state index in [4.69, 9.17) is 9.94 Å². The average molecular weight is 201 g/mol. The number of hydrogen-bond donors (Lipinski definition) is 2. The van der Waals surface area contributed by atoms with Crippen LogP contribution in [0.2, 0.25) is 0 Å². The molecule has 1 saturated carbocycles. The number of aliphatic hydroxyl groups excluding tert-OH is 1. The SMILES string of the molecule is O=C(CCCCO)NOC1CCCC1. The van der Waals surface area contributed by atoms with Crippen LogP contribution in [0.1, 0.15) is 44.9 Å². The molecule has 0 heterocycles. The lowest BCUT2D eigenvalue weighted by molar-refractivity contribution is -0.138. The van der Waals surface area contributed by atoms with Crippen molar-refractivity contribution >= 4 is 5.91 Å². The highest BCUT2D eigenvalue weighted by atomic mass is 16.7. The Morgan fingerprint density at radius 1 is 1.36 bits per heavy atom. The summed E-state index contributed by atoms with van der Waals surface area (Å²) >= 11 is 0. The second kappa shape index (κ2) is 6.79. The Morgan fingerprint density at radius 3 is 2.71 bits per heavy atom. The summed E-state index contributed by atoms with van der Waals surface area (Å²) in [5, 5.41) is 8.52. The smallest absolute Gasteiger partial charge is 0.243 e. The van der Waals surface area contributed by atoms with Crippen LogP contribution in [0.15, 0.2) is 0 Å². The first kappa shape index (κ1) is 11.5. The van der Waals surface area contributed by atoms with Crippen LogP contribution in [-0.2, 0) is 9.63 Å². The third kappa shape index (κ3) is 4.58. The van der Waals surface area contributed by atoms with Crippen molar-refractivity contribution in [3.05, 3.63) is 0 Å². The van der Waals surface area contributed by atoms with Gasteiger partial charge in [-0.05, 0) is 25.7 Å². The molecule has 14 heavy (non-hydrogen) atoms. The molecule has 4 heteroatoms. The van der Waals surface area contributed by atoms with E-state index in [2.05, 4.69) is 5.48 Å². The minimum Gasteiger partial charge on any atom is -0.396 e. The largest absolute Gasteiger partial charge is 0.396 e. The molecular weight excluding hydrogens is 182 g/mol. The lowest BCUT2D eigenvalue weighted by Crippen LogP contribution is -2.28. The monoisotopic (exact) mass is 201 g/mol. The van der Waals surface area contributed by atoms with Gasteiger partial charge in [-0.25, -0.2) is 5.48 Å². The predicted octanol–water partition coefficient (Wildman–Crippen LogP) is 1.14. The summed E-state index contributed by atoms with van der Waals surface area (Å²) in [5.74, 6) is -0.0784. The molecule has 0 aliphatic heterocycles. The van der Waals surface area contributed by atoms with E-state index in [0.29, 0.717) is 12.8 Å². The minimum absolute atomic E-state index is 0.0784. The molecule has 1 amide bonds.